The number of amides is 2. The normalized spacial score (nSPS) is 10.2. The summed E-state index contributed by atoms with van der Waals surface area (Å²) in [7, 11) is 0. The van der Waals surface area contributed by atoms with Crippen molar-refractivity contribution in [3.8, 4) is 11.8 Å². The van der Waals surface area contributed by atoms with Crippen molar-refractivity contribution in [1.82, 2.24) is 20.4 Å². The average molecular weight is 402 g/mol. The number of nitrogen functional groups attached to an aromatic ring is 1. The van der Waals surface area contributed by atoms with Gasteiger partial charge in [0.05, 0.1) is 18.0 Å². The van der Waals surface area contributed by atoms with E-state index in [9.17, 15) is 19.2 Å². The van der Waals surface area contributed by atoms with Gasteiger partial charge in [0.1, 0.15) is 23.3 Å². The van der Waals surface area contributed by atoms with E-state index in [1.165, 1.54) is 28.9 Å². The van der Waals surface area contributed by atoms with Gasteiger partial charge >= 0.3 is 6.09 Å². The number of aromatic nitrogens is 2. The fourth-order valence-electron chi connectivity index (χ4n) is 2.59. The SMILES string of the molecule is CCOC(=O)NCCC(=O)NCCCc1nn(-c2ccc(F)cc2)c(N)c1C#N. The summed E-state index contributed by atoms with van der Waals surface area (Å²) < 4.78 is 19.2. The first kappa shape index (κ1) is 21.7. The number of anilines is 1. The summed E-state index contributed by atoms with van der Waals surface area (Å²) in [5.74, 6) is -0.407. The van der Waals surface area contributed by atoms with E-state index < -0.39 is 6.09 Å². The second-order valence-electron chi connectivity index (χ2n) is 6.06. The topological polar surface area (TPSA) is 135 Å². The van der Waals surface area contributed by atoms with Crippen LogP contribution in [-0.4, -0.2) is 41.5 Å². The highest BCUT2D eigenvalue weighted by atomic mass is 19.1. The molecule has 0 aliphatic carbocycles. The van der Waals surface area contributed by atoms with Crippen LogP contribution in [0.3, 0.4) is 0 Å². The number of carbonyl (C=O) groups is 2. The van der Waals surface area contributed by atoms with E-state index in [4.69, 9.17) is 10.5 Å². The first-order valence-corrected chi connectivity index (χ1v) is 9.17. The Morgan fingerprint density at radius 3 is 2.66 bits per heavy atom. The Labute approximate surface area is 167 Å². The third-order valence-corrected chi connectivity index (χ3v) is 3.99. The van der Waals surface area contributed by atoms with Crippen molar-refractivity contribution >= 4 is 17.8 Å². The maximum Gasteiger partial charge on any atom is 0.407 e. The molecular weight excluding hydrogens is 379 g/mol. The molecule has 9 nitrogen and oxygen atoms in total. The first-order chi connectivity index (χ1) is 14.0. The maximum absolute atomic E-state index is 13.1. The number of aryl methyl sites for hydroxylation is 1. The van der Waals surface area contributed by atoms with Crippen molar-refractivity contribution < 1.29 is 18.7 Å². The number of alkyl carbamates (subject to hydrolysis) is 1. The molecular formula is C19H23FN6O3. The molecule has 1 heterocycles. The molecule has 0 atom stereocenters. The van der Waals surface area contributed by atoms with E-state index in [1.54, 1.807) is 6.92 Å². The van der Waals surface area contributed by atoms with Gasteiger partial charge in [-0.3, -0.25) is 4.79 Å². The highest BCUT2D eigenvalue weighted by Crippen LogP contribution is 2.21. The predicted octanol–water partition coefficient (Wildman–Crippen LogP) is 1.65. The Hall–Kier alpha value is -3.61. The number of nitrogens with two attached hydrogens (primary N) is 1. The zero-order chi connectivity index (χ0) is 21.2. The van der Waals surface area contributed by atoms with Crippen molar-refractivity contribution in [2.45, 2.75) is 26.2 Å². The standard InChI is InChI=1S/C19H23FN6O3/c1-2-29-19(28)24-11-9-17(27)23-10-3-4-16-15(12-21)18(22)26(25-16)14-7-5-13(20)6-8-14/h5-8H,2-4,9-11,22H2,1H3,(H,23,27)(H,24,28). The summed E-state index contributed by atoms with van der Waals surface area (Å²) in [6.07, 6.45) is 0.557. The summed E-state index contributed by atoms with van der Waals surface area (Å²) in [5, 5.41) is 18.9. The largest absolute Gasteiger partial charge is 0.450 e. The van der Waals surface area contributed by atoms with E-state index >= 15 is 0 Å². The maximum atomic E-state index is 13.1. The highest BCUT2D eigenvalue weighted by Gasteiger charge is 2.16. The van der Waals surface area contributed by atoms with Crippen LogP contribution in [0.1, 0.15) is 31.0 Å². The van der Waals surface area contributed by atoms with Gasteiger partial charge in [-0.2, -0.15) is 10.4 Å². The van der Waals surface area contributed by atoms with Gasteiger partial charge in [-0.15, -0.1) is 0 Å². The third kappa shape index (κ3) is 6.21. The van der Waals surface area contributed by atoms with Gasteiger partial charge < -0.3 is 21.1 Å². The van der Waals surface area contributed by atoms with Crippen molar-refractivity contribution in [3.63, 3.8) is 0 Å². The lowest BCUT2D eigenvalue weighted by molar-refractivity contribution is -0.120. The van der Waals surface area contributed by atoms with Crippen molar-refractivity contribution in [2.24, 2.45) is 0 Å². The first-order valence-electron chi connectivity index (χ1n) is 9.17. The van der Waals surface area contributed by atoms with Gasteiger partial charge in [0.25, 0.3) is 0 Å². The molecule has 0 bridgehead atoms. The van der Waals surface area contributed by atoms with Crippen LogP contribution in [0, 0.1) is 17.1 Å². The summed E-state index contributed by atoms with van der Waals surface area (Å²) in [5.41, 5.74) is 7.33. The molecule has 0 aliphatic heterocycles. The number of carbonyl (C=O) groups excluding carboxylic acids is 2. The molecule has 10 heteroatoms. The molecule has 4 N–H and O–H groups in total. The zero-order valence-corrected chi connectivity index (χ0v) is 16.1. The molecule has 0 aliphatic rings. The minimum Gasteiger partial charge on any atom is -0.450 e. The summed E-state index contributed by atoms with van der Waals surface area (Å²) in [6.45, 7) is 2.53. The smallest absolute Gasteiger partial charge is 0.407 e. The van der Waals surface area contributed by atoms with Gasteiger partial charge in [-0.25, -0.2) is 13.9 Å². The van der Waals surface area contributed by atoms with Crippen LogP contribution in [0.2, 0.25) is 0 Å². The molecule has 0 saturated carbocycles. The molecule has 29 heavy (non-hydrogen) atoms. The van der Waals surface area contributed by atoms with E-state index in [0.29, 0.717) is 30.8 Å². The van der Waals surface area contributed by atoms with Crippen molar-refractivity contribution in [3.05, 3.63) is 41.3 Å². The molecule has 0 saturated heterocycles. The van der Waals surface area contributed by atoms with Crippen molar-refractivity contribution in [1.29, 1.82) is 5.26 Å². The number of rotatable bonds is 9. The van der Waals surface area contributed by atoms with Crippen LogP contribution >= 0.6 is 0 Å². The molecule has 0 spiro atoms. The Bertz CT molecular complexity index is 889. The Balaban J connectivity index is 1.84. The van der Waals surface area contributed by atoms with Crippen LogP contribution < -0.4 is 16.4 Å². The molecule has 1 aromatic heterocycles. The molecule has 0 fully saturated rings. The second kappa shape index (κ2) is 10.7. The Kier molecular flexibility index (Phi) is 7.97. The third-order valence-electron chi connectivity index (χ3n) is 3.99. The Morgan fingerprint density at radius 2 is 2.00 bits per heavy atom. The van der Waals surface area contributed by atoms with Crippen LogP contribution in [0.15, 0.2) is 24.3 Å². The molecule has 0 radical (unpaired) electrons. The van der Waals surface area contributed by atoms with Gasteiger partial charge in [-0.1, -0.05) is 0 Å². The van der Waals surface area contributed by atoms with Crippen molar-refractivity contribution in [2.75, 3.05) is 25.4 Å². The van der Waals surface area contributed by atoms with Crippen LogP contribution in [0.5, 0.6) is 0 Å². The number of nitrogens with zero attached hydrogens (tertiary/aromatic N) is 3. The highest BCUT2D eigenvalue weighted by molar-refractivity contribution is 5.76. The van der Waals surface area contributed by atoms with Gasteiger partial charge in [0.2, 0.25) is 5.91 Å². The summed E-state index contributed by atoms with van der Waals surface area (Å²) in [6, 6.07) is 7.66. The minimum atomic E-state index is -0.557. The summed E-state index contributed by atoms with van der Waals surface area (Å²) in [4.78, 5) is 22.9. The van der Waals surface area contributed by atoms with Crippen LogP contribution in [0.4, 0.5) is 15.0 Å². The fraction of sp³-hybridized carbons (Fsp3) is 0.368. The molecule has 0 unspecified atom stereocenters. The summed E-state index contributed by atoms with van der Waals surface area (Å²) >= 11 is 0. The lowest BCUT2D eigenvalue weighted by atomic mass is 10.1. The van der Waals surface area contributed by atoms with Crippen LogP contribution in [-0.2, 0) is 16.0 Å². The van der Waals surface area contributed by atoms with Gasteiger partial charge in [0.15, 0.2) is 0 Å². The number of halogens is 1. The predicted molar refractivity (Wildman–Crippen MR) is 104 cm³/mol. The minimum absolute atomic E-state index is 0.133. The fourth-order valence-corrected chi connectivity index (χ4v) is 2.59. The average Bonchev–Trinajstić information content (AvgIpc) is 3.01. The van der Waals surface area contributed by atoms with Crippen LogP contribution in [0.25, 0.3) is 5.69 Å². The molecule has 2 amide bonds. The number of nitrogens with one attached hydrogen (secondary N) is 2. The van der Waals surface area contributed by atoms with Gasteiger partial charge in [0, 0.05) is 19.5 Å². The monoisotopic (exact) mass is 402 g/mol. The number of benzene rings is 1. The number of hydrogen-bond acceptors (Lipinski definition) is 6. The molecule has 1 aromatic carbocycles. The molecule has 2 rings (SSSR count). The molecule has 154 valence electrons. The molecule has 2 aromatic rings. The quantitative estimate of drug-likeness (QED) is 0.546. The Morgan fingerprint density at radius 1 is 1.28 bits per heavy atom. The van der Waals surface area contributed by atoms with Gasteiger partial charge in [-0.05, 0) is 44.0 Å². The number of nitriles is 1. The lowest BCUT2D eigenvalue weighted by Crippen LogP contribution is -2.31. The van der Waals surface area contributed by atoms with E-state index in [1.807, 2.05) is 6.07 Å². The number of hydrogen-bond donors (Lipinski definition) is 3. The lowest BCUT2D eigenvalue weighted by Gasteiger charge is -2.06. The number of ether oxygens (including phenoxy) is 1. The van der Waals surface area contributed by atoms with E-state index in [0.717, 1.165) is 0 Å². The zero-order valence-electron chi connectivity index (χ0n) is 16.1. The van der Waals surface area contributed by atoms with E-state index in [-0.39, 0.29) is 42.7 Å². The second-order valence-corrected chi connectivity index (χ2v) is 6.06. The van der Waals surface area contributed by atoms with E-state index in [2.05, 4.69) is 15.7 Å².